The summed E-state index contributed by atoms with van der Waals surface area (Å²) in [5, 5.41) is 8.80. The Morgan fingerprint density at radius 3 is 2.40 bits per heavy atom. The minimum absolute atomic E-state index is 0.00117. The number of sulfonamides is 1. The molecule has 1 unspecified atom stereocenters. The zero-order chi connectivity index (χ0) is 22.0. The first-order chi connectivity index (χ1) is 14.4. The Hall–Kier alpha value is -1.94. The number of rotatable bonds is 13. The van der Waals surface area contributed by atoms with Crippen LogP contribution >= 0.6 is 11.8 Å². The lowest BCUT2D eigenvalue weighted by atomic mass is 10.1. The second-order valence-electron chi connectivity index (χ2n) is 6.57. The van der Waals surface area contributed by atoms with E-state index in [1.165, 1.54) is 7.11 Å². The summed E-state index contributed by atoms with van der Waals surface area (Å²) in [5.41, 5.74) is 0.869. The summed E-state index contributed by atoms with van der Waals surface area (Å²) >= 11 is 1.72. The topological polar surface area (TPSA) is 99.9 Å². The third-order valence-corrected chi connectivity index (χ3v) is 5.99. The molecule has 0 spiro atoms. The van der Waals surface area contributed by atoms with Crippen molar-refractivity contribution in [2.75, 3.05) is 38.9 Å². The molecule has 2 aromatic rings. The summed E-state index contributed by atoms with van der Waals surface area (Å²) in [5.74, 6) is 2.56. The van der Waals surface area contributed by atoms with Crippen LogP contribution in [0.3, 0.4) is 0 Å². The summed E-state index contributed by atoms with van der Waals surface area (Å²) in [4.78, 5) is 0.00117. The molecule has 0 saturated carbocycles. The fraction of sp³-hybridized carbons (Fsp3) is 0.429. The third kappa shape index (κ3) is 7.39. The maximum atomic E-state index is 11.8. The smallest absolute Gasteiger partial charge is 0.241 e. The van der Waals surface area contributed by atoms with Crippen LogP contribution in [-0.4, -0.2) is 53.3 Å². The number of benzene rings is 2. The zero-order valence-electron chi connectivity index (χ0n) is 17.6. The summed E-state index contributed by atoms with van der Waals surface area (Å²) in [6.45, 7) is 3.65. The fourth-order valence-electron chi connectivity index (χ4n) is 3.01. The van der Waals surface area contributed by atoms with Gasteiger partial charge in [-0.25, -0.2) is 13.6 Å². The standard InChI is InChI=1S/C21H30N2O5S2/c1-4-27-18-7-5-6-8-19(18)28-12-11-23-17(15-29-3)13-16-9-10-20(26-2)21(14-16)30(22,24)25/h5-10,14,17,23H,4,11-13,15H2,1-3H3,(H2,22,24,25). The molecule has 0 saturated heterocycles. The molecule has 0 heterocycles. The first-order valence-electron chi connectivity index (χ1n) is 9.65. The maximum absolute atomic E-state index is 11.8. The monoisotopic (exact) mass is 454 g/mol. The summed E-state index contributed by atoms with van der Waals surface area (Å²) in [6.07, 6.45) is 2.69. The molecule has 0 fully saturated rings. The molecule has 30 heavy (non-hydrogen) atoms. The van der Waals surface area contributed by atoms with Crippen molar-refractivity contribution in [2.24, 2.45) is 5.14 Å². The van der Waals surface area contributed by atoms with Crippen LogP contribution in [0, 0.1) is 0 Å². The summed E-state index contributed by atoms with van der Waals surface area (Å²) in [7, 11) is -2.44. The Bertz CT molecular complexity index is 906. The molecule has 0 aliphatic carbocycles. The van der Waals surface area contributed by atoms with Crippen molar-refractivity contribution in [3.8, 4) is 17.2 Å². The number of primary sulfonamides is 1. The molecule has 0 bridgehead atoms. The Morgan fingerprint density at radius 1 is 1.10 bits per heavy atom. The van der Waals surface area contributed by atoms with Crippen molar-refractivity contribution in [3.63, 3.8) is 0 Å². The van der Waals surface area contributed by atoms with Crippen molar-refractivity contribution >= 4 is 21.8 Å². The molecule has 0 aliphatic heterocycles. The molecule has 0 radical (unpaired) electrons. The molecule has 2 rings (SSSR count). The van der Waals surface area contributed by atoms with E-state index < -0.39 is 10.0 Å². The van der Waals surface area contributed by atoms with Crippen LogP contribution in [0.15, 0.2) is 47.4 Å². The average molecular weight is 455 g/mol. The lowest BCUT2D eigenvalue weighted by Gasteiger charge is -2.19. The van der Waals surface area contributed by atoms with Crippen molar-refractivity contribution in [2.45, 2.75) is 24.3 Å². The van der Waals surface area contributed by atoms with Gasteiger partial charge in [-0.1, -0.05) is 18.2 Å². The highest BCUT2D eigenvalue weighted by Gasteiger charge is 2.17. The third-order valence-electron chi connectivity index (χ3n) is 4.33. The highest BCUT2D eigenvalue weighted by Crippen LogP contribution is 2.26. The highest BCUT2D eigenvalue weighted by atomic mass is 32.2. The van der Waals surface area contributed by atoms with E-state index in [4.69, 9.17) is 19.3 Å². The van der Waals surface area contributed by atoms with Gasteiger partial charge in [-0.15, -0.1) is 0 Å². The van der Waals surface area contributed by atoms with Gasteiger partial charge < -0.3 is 19.5 Å². The largest absolute Gasteiger partial charge is 0.495 e. The minimum atomic E-state index is -3.86. The van der Waals surface area contributed by atoms with Gasteiger partial charge in [-0.2, -0.15) is 11.8 Å². The zero-order valence-corrected chi connectivity index (χ0v) is 19.2. The van der Waals surface area contributed by atoms with E-state index in [0.717, 1.165) is 22.8 Å². The van der Waals surface area contributed by atoms with Crippen molar-refractivity contribution in [3.05, 3.63) is 48.0 Å². The molecule has 1 atom stereocenters. The molecule has 7 nitrogen and oxygen atoms in total. The maximum Gasteiger partial charge on any atom is 0.241 e. The van der Waals surface area contributed by atoms with Crippen LogP contribution in [0.25, 0.3) is 0 Å². The van der Waals surface area contributed by atoms with Gasteiger partial charge in [0.25, 0.3) is 0 Å². The van der Waals surface area contributed by atoms with Gasteiger partial charge >= 0.3 is 0 Å². The molecule has 0 aliphatic rings. The van der Waals surface area contributed by atoms with Gasteiger partial charge in [0.1, 0.15) is 17.3 Å². The van der Waals surface area contributed by atoms with E-state index in [2.05, 4.69) is 5.32 Å². The van der Waals surface area contributed by atoms with E-state index in [1.807, 2.05) is 43.5 Å². The molecule has 3 N–H and O–H groups in total. The first-order valence-corrected chi connectivity index (χ1v) is 12.6. The number of hydrogen-bond acceptors (Lipinski definition) is 7. The number of nitrogens with two attached hydrogens (primary N) is 1. The predicted molar refractivity (Wildman–Crippen MR) is 121 cm³/mol. The normalized spacial score (nSPS) is 12.4. The number of ether oxygens (including phenoxy) is 3. The van der Waals surface area contributed by atoms with Crippen LogP contribution in [0.4, 0.5) is 0 Å². The lowest BCUT2D eigenvalue weighted by molar-refractivity contribution is 0.272. The van der Waals surface area contributed by atoms with Crippen LogP contribution in [0.5, 0.6) is 17.2 Å². The van der Waals surface area contributed by atoms with Crippen molar-refractivity contribution < 1.29 is 22.6 Å². The van der Waals surface area contributed by atoms with Crippen LogP contribution in [-0.2, 0) is 16.4 Å². The number of thioether (sulfide) groups is 1. The predicted octanol–water partition coefficient (Wildman–Crippen LogP) is 2.68. The van der Waals surface area contributed by atoms with Gasteiger partial charge in [0.05, 0.1) is 13.7 Å². The SMILES string of the molecule is CCOc1ccccc1OCCNC(CSC)Cc1ccc(OC)c(S(N)(=O)=O)c1. The Labute approximate surface area is 183 Å². The number of para-hydroxylation sites is 2. The van der Waals surface area contributed by atoms with E-state index in [0.29, 0.717) is 26.2 Å². The minimum Gasteiger partial charge on any atom is -0.495 e. The van der Waals surface area contributed by atoms with Crippen molar-refractivity contribution in [1.82, 2.24) is 5.32 Å². The Morgan fingerprint density at radius 2 is 1.80 bits per heavy atom. The second-order valence-corrected chi connectivity index (χ2v) is 9.01. The van der Waals surface area contributed by atoms with Gasteiger partial charge in [0.2, 0.25) is 10.0 Å². The van der Waals surface area contributed by atoms with Gasteiger partial charge in [0.15, 0.2) is 11.5 Å². The Balaban J connectivity index is 1.97. The quantitative estimate of drug-likeness (QED) is 0.449. The fourth-order valence-corrected chi connectivity index (χ4v) is 4.40. The van der Waals surface area contributed by atoms with Crippen molar-refractivity contribution in [1.29, 1.82) is 0 Å². The van der Waals surface area contributed by atoms with Crippen LogP contribution in [0.2, 0.25) is 0 Å². The molecule has 0 aromatic heterocycles. The summed E-state index contributed by atoms with van der Waals surface area (Å²) < 4.78 is 40.2. The number of nitrogens with one attached hydrogen (secondary N) is 1. The molecule has 2 aromatic carbocycles. The lowest BCUT2D eigenvalue weighted by Crippen LogP contribution is -2.36. The number of methoxy groups -OCH3 is 1. The van der Waals surface area contributed by atoms with Gasteiger partial charge in [0, 0.05) is 18.3 Å². The summed E-state index contributed by atoms with van der Waals surface area (Å²) in [6, 6.07) is 12.8. The molecule has 0 amide bonds. The number of hydrogen-bond donors (Lipinski definition) is 2. The van der Waals surface area contributed by atoms with Crippen LogP contribution < -0.4 is 24.7 Å². The average Bonchev–Trinajstić information content (AvgIpc) is 2.72. The molecule has 166 valence electrons. The van der Waals surface area contributed by atoms with Gasteiger partial charge in [-0.05, 0) is 49.4 Å². The van der Waals surface area contributed by atoms with Gasteiger partial charge in [-0.3, -0.25) is 0 Å². The first kappa shape index (κ1) is 24.3. The van der Waals surface area contributed by atoms with E-state index in [-0.39, 0.29) is 16.7 Å². The second kappa shape index (κ2) is 12.0. The molecular formula is C21H30N2O5S2. The Kier molecular flexibility index (Phi) is 9.77. The molecule has 9 heteroatoms. The van der Waals surface area contributed by atoms with E-state index in [9.17, 15) is 8.42 Å². The molecular weight excluding hydrogens is 424 g/mol. The highest BCUT2D eigenvalue weighted by molar-refractivity contribution is 7.98. The van der Waals surface area contributed by atoms with E-state index in [1.54, 1.807) is 23.9 Å². The van der Waals surface area contributed by atoms with Crippen LogP contribution in [0.1, 0.15) is 12.5 Å². The van der Waals surface area contributed by atoms with E-state index >= 15 is 0 Å².